The molecule has 3 aromatic rings. The number of piperazine rings is 1. The Bertz CT molecular complexity index is 1350. The highest BCUT2D eigenvalue weighted by Gasteiger charge is 2.25. The van der Waals surface area contributed by atoms with Crippen LogP contribution < -0.4 is 15.5 Å². The number of hydrogen-bond donors (Lipinski definition) is 2. The molecule has 0 unspecified atom stereocenters. The van der Waals surface area contributed by atoms with Crippen LogP contribution in [0.15, 0.2) is 78.9 Å². The smallest absolute Gasteiger partial charge is 0.317 e. The molecule has 2 N–H and O–H groups in total. The van der Waals surface area contributed by atoms with E-state index in [9.17, 15) is 18.8 Å². The second kappa shape index (κ2) is 14.0. The van der Waals surface area contributed by atoms with Gasteiger partial charge in [-0.25, -0.2) is 9.18 Å². The van der Waals surface area contributed by atoms with E-state index >= 15 is 0 Å². The van der Waals surface area contributed by atoms with Crippen LogP contribution in [0, 0.1) is 5.82 Å². The molecule has 3 aromatic carbocycles. The molecule has 1 heterocycles. The van der Waals surface area contributed by atoms with Gasteiger partial charge in [0, 0.05) is 50.1 Å². The van der Waals surface area contributed by atoms with E-state index in [0.717, 1.165) is 37.2 Å². The van der Waals surface area contributed by atoms with Crippen LogP contribution in [-0.2, 0) is 11.3 Å². The molecule has 5 rings (SSSR count). The normalized spacial score (nSPS) is 15.6. The Hall–Kier alpha value is -4.40. The van der Waals surface area contributed by atoms with E-state index in [1.165, 1.54) is 42.4 Å². The summed E-state index contributed by atoms with van der Waals surface area (Å²) in [4.78, 5) is 44.4. The molecule has 2 aliphatic rings. The number of nitrogens with one attached hydrogen (secondary N) is 2. The number of halogens is 1. The Morgan fingerprint density at radius 3 is 2.17 bits per heavy atom. The van der Waals surface area contributed by atoms with E-state index in [1.807, 2.05) is 59.5 Å². The fourth-order valence-electron chi connectivity index (χ4n) is 5.62. The molecule has 0 bridgehead atoms. The van der Waals surface area contributed by atoms with Crippen molar-refractivity contribution in [3.8, 4) is 0 Å². The third kappa shape index (κ3) is 7.66. The Balaban J connectivity index is 1.15. The van der Waals surface area contributed by atoms with Gasteiger partial charge in [0.2, 0.25) is 5.91 Å². The average molecular weight is 572 g/mol. The van der Waals surface area contributed by atoms with Gasteiger partial charge in [-0.1, -0.05) is 61.7 Å². The fraction of sp³-hybridized carbons (Fsp3) is 0.364. The minimum absolute atomic E-state index is 0.0365. The Kier molecular flexibility index (Phi) is 9.69. The second-order valence-corrected chi connectivity index (χ2v) is 11.0. The number of amides is 4. The molecule has 8 nitrogen and oxygen atoms in total. The second-order valence-electron chi connectivity index (χ2n) is 11.0. The predicted molar refractivity (Wildman–Crippen MR) is 162 cm³/mol. The number of rotatable bonds is 8. The van der Waals surface area contributed by atoms with Crippen molar-refractivity contribution in [2.24, 2.45) is 0 Å². The summed E-state index contributed by atoms with van der Waals surface area (Å²) in [5.41, 5.74) is 2.39. The molecule has 0 atom stereocenters. The van der Waals surface area contributed by atoms with Crippen molar-refractivity contribution in [3.05, 3.63) is 95.8 Å². The molecular weight excluding hydrogens is 533 g/mol. The van der Waals surface area contributed by atoms with Crippen molar-refractivity contribution in [2.75, 3.05) is 42.9 Å². The molecule has 0 spiro atoms. The number of urea groups is 1. The molecule has 1 saturated heterocycles. The van der Waals surface area contributed by atoms with Crippen LogP contribution in [0.3, 0.4) is 0 Å². The zero-order valence-electron chi connectivity index (χ0n) is 23.8. The summed E-state index contributed by atoms with van der Waals surface area (Å²) in [6.45, 7) is 2.72. The molecular formula is C33H38FN5O3. The monoisotopic (exact) mass is 571 g/mol. The highest BCUT2D eigenvalue weighted by Crippen LogP contribution is 2.21. The van der Waals surface area contributed by atoms with Crippen LogP contribution in [0.5, 0.6) is 0 Å². The van der Waals surface area contributed by atoms with Gasteiger partial charge in [0.1, 0.15) is 12.4 Å². The maximum absolute atomic E-state index is 14.4. The van der Waals surface area contributed by atoms with Crippen molar-refractivity contribution in [1.82, 2.24) is 15.1 Å². The number of nitrogens with zero attached hydrogens (tertiary/aromatic N) is 3. The molecule has 9 heteroatoms. The zero-order valence-corrected chi connectivity index (χ0v) is 23.8. The fourth-order valence-corrected chi connectivity index (χ4v) is 5.62. The van der Waals surface area contributed by atoms with Gasteiger partial charge in [-0.15, -0.1) is 0 Å². The number of hydrogen-bond acceptors (Lipinski definition) is 4. The standard InChI is InChI=1S/C33H38FN5O3/c34-30-14-8-7-13-29(30)32(41)39(23-25-9-3-1-4-10-25)24-31(40)35-27-15-17-28(18-16-27)37-19-21-38(22-20-37)33(42)36-26-11-5-2-6-12-26/h1,3-4,7-10,13-18,26H,2,5-6,11-12,19-24H2,(H,35,40)(H,36,42). The van der Waals surface area contributed by atoms with Gasteiger partial charge in [-0.05, 0) is 54.8 Å². The first-order valence-corrected chi connectivity index (χ1v) is 14.7. The Labute approximate surface area is 246 Å². The van der Waals surface area contributed by atoms with Gasteiger partial charge >= 0.3 is 6.03 Å². The molecule has 1 saturated carbocycles. The van der Waals surface area contributed by atoms with Gasteiger partial charge < -0.3 is 25.3 Å². The van der Waals surface area contributed by atoms with E-state index in [2.05, 4.69) is 15.5 Å². The van der Waals surface area contributed by atoms with Crippen LogP contribution in [0.25, 0.3) is 0 Å². The quantitative estimate of drug-likeness (QED) is 0.386. The van der Waals surface area contributed by atoms with E-state index < -0.39 is 11.7 Å². The van der Waals surface area contributed by atoms with E-state index in [4.69, 9.17) is 0 Å². The Morgan fingerprint density at radius 2 is 1.48 bits per heavy atom. The topological polar surface area (TPSA) is 85.0 Å². The van der Waals surface area contributed by atoms with Crippen LogP contribution in [-0.4, -0.2) is 66.4 Å². The number of carbonyl (C=O) groups is 3. The summed E-state index contributed by atoms with van der Waals surface area (Å²) in [6, 6.07) is 23.0. The molecule has 1 aliphatic carbocycles. The van der Waals surface area contributed by atoms with Crippen LogP contribution in [0.4, 0.5) is 20.6 Å². The zero-order chi connectivity index (χ0) is 29.3. The summed E-state index contributed by atoms with van der Waals surface area (Å²) in [5, 5.41) is 6.06. The molecule has 2 fully saturated rings. The van der Waals surface area contributed by atoms with Crippen molar-refractivity contribution in [2.45, 2.75) is 44.7 Å². The molecule has 220 valence electrons. The largest absolute Gasteiger partial charge is 0.368 e. The molecule has 42 heavy (non-hydrogen) atoms. The van der Waals surface area contributed by atoms with Crippen molar-refractivity contribution < 1.29 is 18.8 Å². The SMILES string of the molecule is O=C(CN(Cc1ccccc1)C(=O)c1ccccc1F)Nc1ccc(N2CCN(C(=O)NC3CCCCC3)CC2)cc1. The third-order valence-corrected chi connectivity index (χ3v) is 7.96. The lowest BCUT2D eigenvalue weighted by Gasteiger charge is -2.37. The highest BCUT2D eigenvalue weighted by molar-refractivity contribution is 5.99. The lowest BCUT2D eigenvalue weighted by molar-refractivity contribution is -0.117. The number of anilines is 2. The number of carbonyl (C=O) groups excluding carboxylic acids is 3. The first-order chi connectivity index (χ1) is 20.5. The van der Waals surface area contributed by atoms with Crippen LogP contribution in [0.1, 0.15) is 48.0 Å². The third-order valence-electron chi connectivity index (χ3n) is 7.96. The average Bonchev–Trinajstić information content (AvgIpc) is 3.02. The van der Waals surface area contributed by atoms with Crippen molar-refractivity contribution in [1.29, 1.82) is 0 Å². The first-order valence-electron chi connectivity index (χ1n) is 14.7. The summed E-state index contributed by atoms with van der Waals surface area (Å²) in [7, 11) is 0. The maximum Gasteiger partial charge on any atom is 0.317 e. The highest BCUT2D eigenvalue weighted by atomic mass is 19.1. The number of benzene rings is 3. The van der Waals surface area contributed by atoms with Crippen molar-refractivity contribution >= 4 is 29.2 Å². The summed E-state index contributed by atoms with van der Waals surface area (Å²) >= 11 is 0. The van der Waals surface area contributed by atoms with Gasteiger partial charge in [0.15, 0.2) is 0 Å². The van der Waals surface area contributed by atoms with E-state index in [1.54, 1.807) is 6.07 Å². The first kappa shape index (κ1) is 29.1. The van der Waals surface area contributed by atoms with Gasteiger partial charge in [-0.3, -0.25) is 9.59 Å². The lowest BCUT2D eigenvalue weighted by Crippen LogP contribution is -2.53. The minimum atomic E-state index is -0.623. The van der Waals surface area contributed by atoms with E-state index in [0.29, 0.717) is 24.8 Å². The van der Waals surface area contributed by atoms with Gasteiger partial charge in [0.25, 0.3) is 5.91 Å². The van der Waals surface area contributed by atoms with Gasteiger partial charge in [0.05, 0.1) is 5.56 Å². The molecule has 0 aromatic heterocycles. The summed E-state index contributed by atoms with van der Waals surface area (Å²) in [5.74, 6) is -1.54. The van der Waals surface area contributed by atoms with Crippen LogP contribution in [0.2, 0.25) is 0 Å². The molecule has 4 amide bonds. The minimum Gasteiger partial charge on any atom is -0.368 e. The van der Waals surface area contributed by atoms with Crippen molar-refractivity contribution in [3.63, 3.8) is 0 Å². The maximum atomic E-state index is 14.4. The molecule has 1 aliphatic heterocycles. The summed E-state index contributed by atoms with van der Waals surface area (Å²) < 4.78 is 14.4. The van der Waals surface area contributed by atoms with Crippen LogP contribution >= 0.6 is 0 Å². The summed E-state index contributed by atoms with van der Waals surface area (Å²) in [6.07, 6.45) is 5.78. The molecule has 0 radical (unpaired) electrons. The van der Waals surface area contributed by atoms with Gasteiger partial charge in [-0.2, -0.15) is 0 Å². The predicted octanol–water partition coefficient (Wildman–Crippen LogP) is 5.27. The Morgan fingerprint density at radius 1 is 0.810 bits per heavy atom. The lowest BCUT2D eigenvalue weighted by atomic mass is 9.96. The van der Waals surface area contributed by atoms with E-state index in [-0.39, 0.29) is 30.6 Å².